The zero-order valence-electron chi connectivity index (χ0n) is 18.8. The molecular weight excluding hydrogens is 436 g/mol. The number of para-hydroxylation sites is 2. The van der Waals surface area contributed by atoms with Gasteiger partial charge in [0.1, 0.15) is 0 Å². The number of carbonyl (C=O) groups is 1. The van der Waals surface area contributed by atoms with Crippen LogP contribution in [0.3, 0.4) is 0 Å². The molecule has 4 rings (SSSR count). The van der Waals surface area contributed by atoms with Crippen LogP contribution in [0.25, 0.3) is 16.8 Å². The Morgan fingerprint density at radius 1 is 0.824 bits per heavy atom. The largest absolute Gasteiger partial charge is 0.493 e. The van der Waals surface area contributed by atoms with Crippen LogP contribution >= 0.6 is 0 Å². The molecule has 4 aromatic rings. The maximum Gasteiger partial charge on any atom is 0.277 e. The van der Waals surface area contributed by atoms with E-state index in [1.54, 1.807) is 47.3 Å². The van der Waals surface area contributed by atoms with E-state index in [0.717, 1.165) is 5.69 Å². The van der Waals surface area contributed by atoms with Crippen LogP contribution < -0.4 is 14.2 Å². The Morgan fingerprint density at radius 3 is 2.03 bits per heavy atom. The van der Waals surface area contributed by atoms with Gasteiger partial charge >= 0.3 is 0 Å². The van der Waals surface area contributed by atoms with Crippen LogP contribution in [0.2, 0.25) is 0 Å². The number of hydrogen-bond acceptors (Lipinski definition) is 6. The number of nitro groups is 1. The van der Waals surface area contributed by atoms with Gasteiger partial charge in [0, 0.05) is 40.8 Å². The molecule has 0 amide bonds. The molecule has 8 heteroatoms. The Kier molecular flexibility index (Phi) is 6.31. The maximum absolute atomic E-state index is 13.8. The predicted molar refractivity (Wildman–Crippen MR) is 127 cm³/mol. The van der Waals surface area contributed by atoms with Crippen LogP contribution in [0.15, 0.2) is 79.1 Å². The summed E-state index contributed by atoms with van der Waals surface area (Å²) in [6.07, 6.45) is 3.40. The van der Waals surface area contributed by atoms with Gasteiger partial charge in [0.05, 0.1) is 31.8 Å². The second-order valence-electron chi connectivity index (χ2n) is 7.35. The van der Waals surface area contributed by atoms with Gasteiger partial charge in [0.15, 0.2) is 17.3 Å². The number of methoxy groups -OCH3 is 3. The molecule has 3 aromatic carbocycles. The van der Waals surface area contributed by atoms with Gasteiger partial charge in [0.2, 0.25) is 5.75 Å². The Morgan fingerprint density at radius 2 is 1.44 bits per heavy atom. The van der Waals surface area contributed by atoms with Gasteiger partial charge in [-0.2, -0.15) is 0 Å². The molecule has 34 heavy (non-hydrogen) atoms. The topological polar surface area (TPSA) is 92.8 Å². The molecule has 1 aromatic heterocycles. The van der Waals surface area contributed by atoms with Gasteiger partial charge in [-0.25, -0.2) is 0 Å². The Bertz CT molecular complexity index is 1340. The van der Waals surface area contributed by atoms with Crippen LogP contribution in [0, 0.1) is 10.1 Å². The SMILES string of the molecule is COc1cc(C(=O)c2cn(-c3ccccc3)cc2-c2ccccc2[N+](=O)[O-])cc(OC)c1OC. The van der Waals surface area contributed by atoms with Crippen molar-refractivity contribution in [3.8, 4) is 34.1 Å². The van der Waals surface area contributed by atoms with Crippen molar-refractivity contribution in [2.75, 3.05) is 21.3 Å². The van der Waals surface area contributed by atoms with E-state index >= 15 is 0 Å². The first-order valence-electron chi connectivity index (χ1n) is 10.3. The number of carbonyl (C=O) groups excluding carboxylic acids is 1. The number of benzene rings is 3. The standard InChI is InChI=1S/C26H22N2O6/c1-32-23-13-17(14-24(33-2)26(23)34-3)25(29)21-16-27(18-9-5-4-6-10-18)15-20(21)19-11-7-8-12-22(19)28(30)31/h4-16H,1-3H3. The molecule has 1 heterocycles. The lowest BCUT2D eigenvalue weighted by molar-refractivity contribution is -0.384. The number of rotatable bonds is 8. The number of ketones is 1. The molecule has 0 aliphatic heterocycles. The summed E-state index contributed by atoms with van der Waals surface area (Å²) in [6, 6.07) is 18.9. The molecule has 0 saturated carbocycles. The van der Waals surface area contributed by atoms with Gasteiger partial charge in [-0.05, 0) is 30.3 Å². The highest BCUT2D eigenvalue weighted by Gasteiger charge is 2.25. The number of nitro benzene ring substituents is 1. The molecule has 0 bridgehead atoms. The third-order valence-electron chi connectivity index (χ3n) is 5.44. The van der Waals surface area contributed by atoms with E-state index in [1.807, 2.05) is 30.3 Å². The summed E-state index contributed by atoms with van der Waals surface area (Å²) in [5.74, 6) is 0.685. The van der Waals surface area contributed by atoms with Crippen LogP contribution in [-0.4, -0.2) is 36.6 Å². The molecule has 172 valence electrons. The van der Waals surface area contributed by atoms with Crippen molar-refractivity contribution in [1.29, 1.82) is 0 Å². The summed E-state index contributed by atoms with van der Waals surface area (Å²) in [6.45, 7) is 0. The van der Waals surface area contributed by atoms with Crippen molar-refractivity contribution in [1.82, 2.24) is 4.57 Å². The van der Waals surface area contributed by atoms with Gasteiger partial charge in [0.25, 0.3) is 5.69 Å². The molecule has 0 unspecified atom stereocenters. The van der Waals surface area contributed by atoms with Crippen molar-refractivity contribution < 1.29 is 23.9 Å². The van der Waals surface area contributed by atoms with Crippen molar-refractivity contribution in [3.63, 3.8) is 0 Å². The second kappa shape index (κ2) is 9.50. The average Bonchev–Trinajstić information content (AvgIpc) is 3.33. The van der Waals surface area contributed by atoms with E-state index in [2.05, 4.69) is 0 Å². The quantitative estimate of drug-likeness (QED) is 0.202. The first kappa shape index (κ1) is 22.6. The first-order valence-corrected chi connectivity index (χ1v) is 10.3. The highest BCUT2D eigenvalue weighted by molar-refractivity contribution is 6.14. The smallest absolute Gasteiger partial charge is 0.277 e. The summed E-state index contributed by atoms with van der Waals surface area (Å²) in [4.78, 5) is 25.0. The molecule has 8 nitrogen and oxygen atoms in total. The fourth-order valence-electron chi connectivity index (χ4n) is 3.83. The van der Waals surface area contributed by atoms with Gasteiger partial charge < -0.3 is 18.8 Å². The van der Waals surface area contributed by atoms with Crippen LogP contribution in [0.1, 0.15) is 15.9 Å². The Hall–Kier alpha value is -4.59. The van der Waals surface area contributed by atoms with E-state index in [0.29, 0.717) is 39.5 Å². The average molecular weight is 458 g/mol. The summed E-state index contributed by atoms with van der Waals surface area (Å²) in [7, 11) is 4.42. The molecule has 0 aliphatic carbocycles. The van der Waals surface area contributed by atoms with Crippen LogP contribution in [0.5, 0.6) is 17.2 Å². The molecule has 0 saturated heterocycles. The minimum absolute atomic E-state index is 0.0905. The third kappa shape index (κ3) is 4.09. The zero-order valence-corrected chi connectivity index (χ0v) is 18.8. The van der Waals surface area contributed by atoms with E-state index in [9.17, 15) is 14.9 Å². The number of ether oxygens (including phenoxy) is 3. The van der Waals surface area contributed by atoms with Gasteiger partial charge in [-0.1, -0.05) is 30.3 Å². The minimum Gasteiger partial charge on any atom is -0.493 e. The summed E-state index contributed by atoms with van der Waals surface area (Å²) in [5, 5.41) is 11.7. The monoisotopic (exact) mass is 458 g/mol. The summed E-state index contributed by atoms with van der Waals surface area (Å²) < 4.78 is 17.9. The fourth-order valence-corrected chi connectivity index (χ4v) is 3.83. The first-order chi connectivity index (χ1) is 16.5. The number of aromatic nitrogens is 1. The highest BCUT2D eigenvalue weighted by atomic mass is 16.6. The predicted octanol–water partition coefficient (Wildman–Crippen LogP) is 5.31. The molecule has 0 fully saturated rings. The highest BCUT2D eigenvalue weighted by Crippen LogP contribution is 2.40. The van der Waals surface area contributed by atoms with Gasteiger partial charge in [-0.3, -0.25) is 14.9 Å². The molecule has 0 atom stereocenters. The van der Waals surface area contributed by atoms with E-state index in [-0.39, 0.29) is 11.5 Å². The lowest BCUT2D eigenvalue weighted by Gasteiger charge is -2.14. The fraction of sp³-hybridized carbons (Fsp3) is 0.115. The maximum atomic E-state index is 13.8. The summed E-state index contributed by atoms with van der Waals surface area (Å²) in [5.41, 5.74) is 2.10. The van der Waals surface area contributed by atoms with Crippen molar-refractivity contribution >= 4 is 11.5 Å². The van der Waals surface area contributed by atoms with E-state index in [1.165, 1.54) is 27.4 Å². The van der Waals surface area contributed by atoms with Crippen molar-refractivity contribution in [3.05, 3.63) is 100 Å². The molecule has 0 aliphatic rings. The third-order valence-corrected chi connectivity index (χ3v) is 5.44. The van der Waals surface area contributed by atoms with Gasteiger partial charge in [-0.15, -0.1) is 0 Å². The molecule has 0 radical (unpaired) electrons. The van der Waals surface area contributed by atoms with E-state index in [4.69, 9.17) is 14.2 Å². The van der Waals surface area contributed by atoms with Crippen LogP contribution in [-0.2, 0) is 0 Å². The number of nitrogens with zero attached hydrogens (tertiary/aromatic N) is 2. The molecule has 0 spiro atoms. The normalized spacial score (nSPS) is 10.6. The van der Waals surface area contributed by atoms with Crippen LogP contribution in [0.4, 0.5) is 5.69 Å². The lowest BCUT2D eigenvalue weighted by atomic mass is 9.96. The lowest BCUT2D eigenvalue weighted by Crippen LogP contribution is -2.05. The number of hydrogen-bond donors (Lipinski definition) is 0. The molecular formula is C26H22N2O6. The zero-order chi connectivity index (χ0) is 24.2. The second-order valence-corrected chi connectivity index (χ2v) is 7.35. The Balaban J connectivity index is 1.94. The molecule has 0 N–H and O–H groups in total. The Labute approximate surface area is 196 Å². The van der Waals surface area contributed by atoms with Crippen molar-refractivity contribution in [2.24, 2.45) is 0 Å². The van der Waals surface area contributed by atoms with Crippen molar-refractivity contribution in [2.45, 2.75) is 0 Å². The summed E-state index contributed by atoms with van der Waals surface area (Å²) >= 11 is 0. The van der Waals surface area contributed by atoms with E-state index < -0.39 is 4.92 Å². The minimum atomic E-state index is -0.455.